The van der Waals surface area contributed by atoms with E-state index in [1.807, 2.05) is 24.3 Å². The van der Waals surface area contributed by atoms with Crippen molar-refractivity contribution in [2.45, 2.75) is 9.92 Å². The highest BCUT2D eigenvalue weighted by atomic mass is 32.2. The van der Waals surface area contributed by atoms with Gasteiger partial charge in [-0.1, -0.05) is 23.9 Å². The summed E-state index contributed by atoms with van der Waals surface area (Å²) in [6, 6.07) is 11.1. The molecule has 0 aliphatic carbocycles. The molecule has 0 saturated heterocycles. The Morgan fingerprint density at radius 1 is 1.24 bits per heavy atom. The molecular weight excluding hydrogens is 234 g/mol. The molecule has 17 heavy (non-hydrogen) atoms. The smallest absolute Gasteiger partial charge is 0.152 e. The minimum Gasteiger partial charge on any atom is -0.496 e. The molecule has 0 unspecified atom stereocenters. The summed E-state index contributed by atoms with van der Waals surface area (Å²) in [6.45, 7) is 0. The van der Waals surface area contributed by atoms with E-state index in [0.29, 0.717) is 10.6 Å². The molecule has 0 bridgehead atoms. The molecule has 2 aromatic rings. The fourth-order valence-corrected chi connectivity index (χ4v) is 2.34. The van der Waals surface area contributed by atoms with Crippen molar-refractivity contribution >= 4 is 18.0 Å². The largest absolute Gasteiger partial charge is 0.496 e. The number of methoxy groups -OCH3 is 1. The molecule has 0 N–H and O–H groups in total. The summed E-state index contributed by atoms with van der Waals surface area (Å²) in [7, 11) is 1.62. The van der Waals surface area contributed by atoms with Crippen molar-refractivity contribution in [3.05, 3.63) is 48.2 Å². The van der Waals surface area contributed by atoms with Gasteiger partial charge in [-0.2, -0.15) is 0 Å². The van der Waals surface area contributed by atoms with Gasteiger partial charge in [0.25, 0.3) is 0 Å². The van der Waals surface area contributed by atoms with Gasteiger partial charge in [-0.3, -0.25) is 4.79 Å². The van der Waals surface area contributed by atoms with E-state index < -0.39 is 0 Å². The van der Waals surface area contributed by atoms with Crippen LogP contribution in [0, 0.1) is 0 Å². The summed E-state index contributed by atoms with van der Waals surface area (Å²) < 4.78 is 5.25. The summed E-state index contributed by atoms with van der Waals surface area (Å²) in [6.07, 6.45) is 2.48. The minimum atomic E-state index is 0.586. The predicted octanol–water partition coefficient (Wildman–Crippen LogP) is 3.05. The molecule has 0 spiro atoms. The van der Waals surface area contributed by atoms with Crippen LogP contribution in [-0.2, 0) is 0 Å². The van der Waals surface area contributed by atoms with Crippen LogP contribution in [0.25, 0.3) is 0 Å². The third-order valence-corrected chi connectivity index (χ3v) is 3.29. The molecule has 0 radical (unpaired) electrons. The van der Waals surface area contributed by atoms with Gasteiger partial charge in [0.05, 0.1) is 12.0 Å². The number of hydrogen-bond donors (Lipinski definition) is 0. The van der Waals surface area contributed by atoms with Crippen LogP contribution < -0.4 is 4.74 Å². The quantitative estimate of drug-likeness (QED) is 0.776. The van der Waals surface area contributed by atoms with Crippen LogP contribution in [0.4, 0.5) is 0 Å². The molecule has 1 aromatic carbocycles. The Labute approximate surface area is 104 Å². The van der Waals surface area contributed by atoms with Gasteiger partial charge in [0.2, 0.25) is 0 Å². The molecule has 0 atom stereocenters. The molecular formula is C13H11NO2S. The monoisotopic (exact) mass is 245 g/mol. The van der Waals surface area contributed by atoms with Crippen LogP contribution in [0.15, 0.2) is 52.5 Å². The van der Waals surface area contributed by atoms with Gasteiger partial charge in [0.1, 0.15) is 10.8 Å². The van der Waals surface area contributed by atoms with Crippen molar-refractivity contribution < 1.29 is 9.53 Å². The Bertz CT molecular complexity index is 528. The first kappa shape index (κ1) is 11.7. The third-order valence-electron chi connectivity index (χ3n) is 2.20. The van der Waals surface area contributed by atoms with Crippen molar-refractivity contribution in [3.63, 3.8) is 0 Å². The summed E-state index contributed by atoms with van der Waals surface area (Å²) in [5, 5.41) is 0.687. The SMILES string of the molecule is COc1ccccc1Sc1ncccc1C=O. The van der Waals surface area contributed by atoms with Crippen LogP contribution in [0.5, 0.6) is 5.75 Å². The molecule has 3 nitrogen and oxygen atoms in total. The molecule has 0 aliphatic heterocycles. The van der Waals surface area contributed by atoms with E-state index in [-0.39, 0.29) is 0 Å². The van der Waals surface area contributed by atoms with Crippen molar-refractivity contribution in [2.24, 2.45) is 0 Å². The number of carbonyl (C=O) groups excluding carboxylic acids is 1. The number of carbonyl (C=O) groups is 1. The first-order chi connectivity index (χ1) is 8.35. The number of benzene rings is 1. The first-order valence-corrected chi connectivity index (χ1v) is 5.88. The lowest BCUT2D eigenvalue weighted by Gasteiger charge is -2.07. The van der Waals surface area contributed by atoms with Crippen LogP contribution in [0.2, 0.25) is 0 Å². The second kappa shape index (κ2) is 5.50. The summed E-state index contributed by atoms with van der Waals surface area (Å²) in [5.41, 5.74) is 0.586. The number of pyridine rings is 1. The normalized spacial score (nSPS) is 9.94. The maximum Gasteiger partial charge on any atom is 0.152 e. The zero-order valence-electron chi connectivity index (χ0n) is 9.29. The van der Waals surface area contributed by atoms with Gasteiger partial charge >= 0.3 is 0 Å². The Hall–Kier alpha value is -1.81. The van der Waals surface area contributed by atoms with E-state index >= 15 is 0 Å². The number of aldehydes is 1. The second-order valence-electron chi connectivity index (χ2n) is 3.27. The van der Waals surface area contributed by atoms with Crippen LogP contribution in [0.1, 0.15) is 10.4 Å². The molecule has 0 fully saturated rings. The van der Waals surface area contributed by atoms with Crippen LogP contribution in [-0.4, -0.2) is 18.4 Å². The van der Waals surface area contributed by atoms with Gasteiger partial charge in [-0.05, 0) is 24.3 Å². The number of hydrogen-bond acceptors (Lipinski definition) is 4. The van der Waals surface area contributed by atoms with Crippen molar-refractivity contribution in [3.8, 4) is 5.75 Å². The molecule has 0 amide bonds. The van der Waals surface area contributed by atoms with Gasteiger partial charge in [0, 0.05) is 11.8 Å². The van der Waals surface area contributed by atoms with E-state index in [2.05, 4.69) is 4.98 Å². The Kier molecular flexibility index (Phi) is 3.77. The molecule has 4 heteroatoms. The standard InChI is InChI=1S/C13H11NO2S/c1-16-11-6-2-3-7-12(11)17-13-10(9-15)5-4-8-14-13/h2-9H,1H3. The van der Waals surface area contributed by atoms with E-state index in [9.17, 15) is 4.79 Å². The highest BCUT2D eigenvalue weighted by Crippen LogP contribution is 2.34. The lowest BCUT2D eigenvalue weighted by molar-refractivity contribution is 0.112. The molecule has 0 aliphatic rings. The van der Waals surface area contributed by atoms with E-state index in [0.717, 1.165) is 16.9 Å². The fraction of sp³-hybridized carbons (Fsp3) is 0.0769. The molecule has 1 heterocycles. The number of aromatic nitrogens is 1. The minimum absolute atomic E-state index is 0.586. The van der Waals surface area contributed by atoms with E-state index in [1.54, 1.807) is 25.4 Å². The third kappa shape index (κ3) is 2.65. The second-order valence-corrected chi connectivity index (χ2v) is 4.30. The maximum atomic E-state index is 10.9. The Balaban J connectivity index is 2.34. The topological polar surface area (TPSA) is 39.2 Å². The van der Waals surface area contributed by atoms with Crippen molar-refractivity contribution in [2.75, 3.05) is 7.11 Å². The number of rotatable bonds is 4. The molecule has 86 valence electrons. The van der Waals surface area contributed by atoms with Gasteiger partial charge in [-0.15, -0.1) is 0 Å². The number of nitrogens with zero attached hydrogens (tertiary/aromatic N) is 1. The van der Waals surface area contributed by atoms with Crippen LogP contribution in [0.3, 0.4) is 0 Å². The van der Waals surface area contributed by atoms with Gasteiger partial charge < -0.3 is 4.74 Å². The lowest BCUT2D eigenvalue weighted by atomic mass is 10.3. The van der Waals surface area contributed by atoms with Gasteiger partial charge in [0.15, 0.2) is 6.29 Å². The average molecular weight is 245 g/mol. The summed E-state index contributed by atoms with van der Waals surface area (Å²) in [4.78, 5) is 16.0. The predicted molar refractivity (Wildman–Crippen MR) is 66.7 cm³/mol. The van der Waals surface area contributed by atoms with Gasteiger partial charge in [-0.25, -0.2) is 4.98 Å². The summed E-state index contributed by atoms with van der Waals surface area (Å²) >= 11 is 1.42. The zero-order valence-corrected chi connectivity index (χ0v) is 10.1. The van der Waals surface area contributed by atoms with Crippen LogP contribution >= 0.6 is 11.8 Å². The number of ether oxygens (including phenoxy) is 1. The number of para-hydroxylation sites is 1. The van der Waals surface area contributed by atoms with E-state index in [1.165, 1.54) is 11.8 Å². The molecule has 0 saturated carbocycles. The molecule has 2 rings (SSSR count). The highest BCUT2D eigenvalue weighted by Gasteiger charge is 2.08. The Morgan fingerprint density at radius 2 is 2.06 bits per heavy atom. The fourth-order valence-electron chi connectivity index (χ4n) is 1.39. The van der Waals surface area contributed by atoms with Crippen molar-refractivity contribution in [1.29, 1.82) is 0 Å². The Morgan fingerprint density at radius 3 is 2.82 bits per heavy atom. The maximum absolute atomic E-state index is 10.9. The molecule has 1 aromatic heterocycles. The van der Waals surface area contributed by atoms with E-state index in [4.69, 9.17) is 4.74 Å². The first-order valence-electron chi connectivity index (χ1n) is 5.06. The lowest BCUT2D eigenvalue weighted by Crippen LogP contribution is -1.90. The zero-order chi connectivity index (χ0) is 12.1. The highest BCUT2D eigenvalue weighted by molar-refractivity contribution is 7.99. The van der Waals surface area contributed by atoms with Crippen molar-refractivity contribution in [1.82, 2.24) is 4.98 Å². The average Bonchev–Trinajstić information content (AvgIpc) is 2.40. The summed E-state index contributed by atoms with van der Waals surface area (Å²) in [5.74, 6) is 0.778.